The topological polar surface area (TPSA) is 69.6 Å². The van der Waals surface area contributed by atoms with Crippen LogP contribution in [0.15, 0.2) is 0 Å². The SMILES string of the molecule is [B]c1nc(N)c2nc([B])n(C)c2n1. The van der Waals surface area contributed by atoms with Crippen molar-refractivity contribution in [2.24, 2.45) is 7.05 Å². The molecular weight excluding hydrogens is 164 g/mol. The monoisotopic (exact) mass is 169 g/mol. The average molecular weight is 169 g/mol. The van der Waals surface area contributed by atoms with E-state index in [4.69, 9.17) is 21.4 Å². The van der Waals surface area contributed by atoms with E-state index >= 15 is 0 Å². The van der Waals surface area contributed by atoms with Crippen molar-refractivity contribution in [3.05, 3.63) is 0 Å². The van der Waals surface area contributed by atoms with Gasteiger partial charge in [0, 0.05) is 7.05 Å². The van der Waals surface area contributed by atoms with E-state index < -0.39 is 0 Å². The number of imidazole rings is 1. The van der Waals surface area contributed by atoms with Gasteiger partial charge in [-0.25, -0.2) is 15.0 Å². The van der Waals surface area contributed by atoms with Crippen LogP contribution >= 0.6 is 0 Å². The Morgan fingerprint density at radius 1 is 1.23 bits per heavy atom. The maximum atomic E-state index is 5.58. The van der Waals surface area contributed by atoms with Crippen molar-refractivity contribution in [1.29, 1.82) is 0 Å². The molecule has 7 heteroatoms. The fourth-order valence-corrected chi connectivity index (χ4v) is 1.12. The lowest BCUT2D eigenvalue weighted by molar-refractivity contribution is 0.969. The second-order valence-electron chi connectivity index (χ2n) is 2.67. The third-order valence-corrected chi connectivity index (χ3v) is 1.80. The predicted molar refractivity (Wildman–Crippen MR) is 51.5 cm³/mol. The second-order valence-corrected chi connectivity index (χ2v) is 2.67. The van der Waals surface area contributed by atoms with E-state index in [0.717, 1.165) is 0 Å². The number of anilines is 1. The molecule has 0 unspecified atom stereocenters. The molecule has 2 aromatic rings. The molecule has 2 aromatic heterocycles. The van der Waals surface area contributed by atoms with E-state index in [0.29, 0.717) is 16.9 Å². The minimum absolute atomic E-state index is 0.119. The first kappa shape index (κ1) is 8.10. The Morgan fingerprint density at radius 2 is 1.92 bits per heavy atom. The standard InChI is InChI=1S/C6H5B2N5/c1-13-4-2(10-6(13)8)3(9)11-5(7)12-4/h1H3,(H2,9,11,12). The van der Waals surface area contributed by atoms with Crippen molar-refractivity contribution in [2.75, 3.05) is 5.73 Å². The van der Waals surface area contributed by atoms with Gasteiger partial charge >= 0.3 is 0 Å². The van der Waals surface area contributed by atoms with Gasteiger partial charge in [0.2, 0.25) is 0 Å². The van der Waals surface area contributed by atoms with Crippen molar-refractivity contribution in [3.8, 4) is 0 Å². The molecule has 0 saturated carbocycles. The normalized spacial score (nSPS) is 10.8. The molecule has 0 saturated heterocycles. The van der Waals surface area contributed by atoms with Gasteiger partial charge in [-0.05, 0) is 0 Å². The molecule has 0 bridgehead atoms. The average Bonchev–Trinajstić information content (AvgIpc) is 2.32. The molecule has 5 nitrogen and oxygen atoms in total. The van der Waals surface area contributed by atoms with Gasteiger partial charge < -0.3 is 10.3 Å². The number of fused-ring (bicyclic) bond motifs is 1. The summed E-state index contributed by atoms with van der Waals surface area (Å²) >= 11 is 0. The molecule has 0 spiro atoms. The summed E-state index contributed by atoms with van der Waals surface area (Å²) in [5.74, 6) is 0.245. The van der Waals surface area contributed by atoms with Crippen molar-refractivity contribution in [2.45, 2.75) is 0 Å². The van der Waals surface area contributed by atoms with Crippen molar-refractivity contribution in [1.82, 2.24) is 19.5 Å². The third-order valence-electron chi connectivity index (χ3n) is 1.80. The highest BCUT2D eigenvalue weighted by molar-refractivity contribution is 6.31. The predicted octanol–water partition coefficient (Wildman–Crippen LogP) is -2.47. The van der Waals surface area contributed by atoms with Crippen LogP contribution in [-0.2, 0) is 7.05 Å². The van der Waals surface area contributed by atoms with Crippen molar-refractivity contribution >= 4 is 44.1 Å². The summed E-state index contributed by atoms with van der Waals surface area (Å²) in [5.41, 5.74) is 7.05. The van der Waals surface area contributed by atoms with E-state index in [1.54, 1.807) is 11.6 Å². The van der Waals surface area contributed by atoms with Crippen LogP contribution in [-0.4, -0.2) is 35.2 Å². The first-order valence-electron chi connectivity index (χ1n) is 3.60. The molecule has 0 aliphatic heterocycles. The van der Waals surface area contributed by atoms with E-state index in [1.807, 2.05) is 0 Å². The third kappa shape index (κ3) is 1.07. The summed E-state index contributed by atoms with van der Waals surface area (Å²) < 4.78 is 1.60. The number of hydrogen-bond acceptors (Lipinski definition) is 4. The highest BCUT2D eigenvalue weighted by Crippen LogP contribution is 2.09. The number of rotatable bonds is 0. The Balaban J connectivity index is 2.94. The highest BCUT2D eigenvalue weighted by atomic mass is 15.1. The molecule has 0 aromatic carbocycles. The van der Waals surface area contributed by atoms with Crippen LogP contribution in [0.3, 0.4) is 0 Å². The first-order valence-corrected chi connectivity index (χ1v) is 3.60. The molecular formula is C6H5B2N5. The summed E-state index contributed by atoms with van der Waals surface area (Å²) in [6.07, 6.45) is 0. The fraction of sp³-hybridized carbons (Fsp3) is 0.167. The highest BCUT2D eigenvalue weighted by Gasteiger charge is 2.09. The molecule has 2 N–H and O–H groups in total. The zero-order chi connectivity index (χ0) is 9.59. The van der Waals surface area contributed by atoms with Gasteiger partial charge in [-0.2, -0.15) is 0 Å². The Bertz CT molecular complexity index is 477. The zero-order valence-electron chi connectivity index (χ0n) is 7.02. The molecule has 4 radical (unpaired) electrons. The van der Waals surface area contributed by atoms with E-state index in [2.05, 4.69) is 15.0 Å². The van der Waals surface area contributed by atoms with Gasteiger partial charge in [-0.1, -0.05) is 0 Å². The van der Waals surface area contributed by atoms with Crippen molar-refractivity contribution < 1.29 is 0 Å². The molecule has 0 fully saturated rings. The molecule has 0 aliphatic carbocycles. The molecule has 60 valence electrons. The van der Waals surface area contributed by atoms with Gasteiger partial charge in [0.25, 0.3) is 0 Å². The number of nitrogens with zero attached hydrogens (tertiary/aromatic N) is 4. The Hall–Kier alpha value is -1.52. The summed E-state index contributed by atoms with van der Waals surface area (Å²) in [6, 6.07) is 0. The van der Waals surface area contributed by atoms with Crippen LogP contribution in [0.5, 0.6) is 0 Å². The van der Waals surface area contributed by atoms with Gasteiger partial charge in [0.15, 0.2) is 27.2 Å². The largest absolute Gasteiger partial charge is 0.382 e. The summed E-state index contributed by atoms with van der Waals surface area (Å²) in [5, 5.41) is 0. The van der Waals surface area contributed by atoms with Gasteiger partial charge in [-0.15, -0.1) is 0 Å². The number of nitrogen functional groups attached to an aromatic ring is 1. The Morgan fingerprint density at radius 3 is 2.62 bits per heavy atom. The fourth-order valence-electron chi connectivity index (χ4n) is 1.12. The smallest absolute Gasteiger partial charge is 0.170 e. The van der Waals surface area contributed by atoms with Gasteiger partial charge in [0.05, 0.1) is 11.4 Å². The first-order chi connectivity index (χ1) is 6.09. The summed E-state index contributed by atoms with van der Waals surface area (Å²) in [4.78, 5) is 11.7. The molecule has 0 atom stereocenters. The lowest BCUT2D eigenvalue weighted by Crippen LogP contribution is -2.18. The maximum absolute atomic E-state index is 5.58. The quantitative estimate of drug-likeness (QED) is 0.443. The van der Waals surface area contributed by atoms with Gasteiger partial charge in [-0.3, -0.25) is 0 Å². The number of aromatic nitrogens is 4. The number of nitrogens with two attached hydrogens (primary N) is 1. The zero-order valence-corrected chi connectivity index (χ0v) is 7.02. The molecule has 0 aliphatic rings. The van der Waals surface area contributed by atoms with Crippen LogP contribution in [0.4, 0.5) is 5.82 Å². The van der Waals surface area contributed by atoms with E-state index in [-0.39, 0.29) is 11.5 Å². The van der Waals surface area contributed by atoms with Crippen LogP contribution in [0, 0.1) is 0 Å². The maximum Gasteiger partial charge on any atom is 0.170 e. The number of aryl methyl sites for hydroxylation is 1. The lowest BCUT2D eigenvalue weighted by atomic mass is 10.1. The summed E-state index contributed by atoms with van der Waals surface area (Å²) in [7, 11) is 12.7. The van der Waals surface area contributed by atoms with Crippen LogP contribution < -0.4 is 17.2 Å². The minimum Gasteiger partial charge on any atom is -0.382 e. The Labute approximate surface area is 77.2 Å². The molecule has 13 heavy (non-hydrogen) atoms. The molecule has 2 rings (SSSR count). The molecule has 2 heterocycles. The summed E-state index contributed by atoms with van der Waals surface area (Å²) in [6.45, 7) is 0. The van der Waals surface area contributed by atoms with Crippen molar-refractivity contribution in [3.63, 3.8) is 0 Å². The second kappa shape index (κ2) is 2.48. The number of hydrogen-bond donors (Lipinski definition) is 1. The molecule has 0 amide bonds. The Kier molecular flexibility index (Phi) is 1.55. The lowest BCUT2D eigenvalue weighted by Gasteiger charge is -1.98. The van der Waals surface area contributed by atoms with E-state index in [1.165, 1.54) is 0 Å². The minimum atomic E-state index is 0.119. The van der Waals surface area contributed by atoms with E-state index in [9.17, 15) is 0 Å². The van der Waals surface area contributed by atoms with Gasteiger partial charge in [0.1, 0.15) is 5.52 Å². The van der Waals surface area contributed by atoms with Crippen LogP contribution in [0.25, 0.3) is 11.2 Å². The van der Waals surface area contributed by atoms with Crippen LogP contribution in [0.2, 0.25) is 0 Å². The van der Waals surface area contributed by atoms with Crippen LogP contribution in [0.1, 0.15) is 0 Å².